The number of benzene rings is 1. The number of amides is 1. The number of nitrogens with one attached hydrogen (secondary N) is 1. The van der Waals surface area contributed by atoms with Gasteiger partial charge in [0.1, 0.15) is 5.75 Å². The van der Waals surface area contributed by atoms with Crippen molar-refractivity contribution in [1.29, 1.82) is 0 Å². The molecule has 114 valence electrons. The molecule has 6 nitrogen and oxygen atoms in total. The van der Waals surface area contributed by atoms with E-state index in [1.807, 2.05) is 0 Å². The monoisotopic (exact) mass is 293 g/mol. The van der Waals surface area contributed by atoms with Gasteiger partial charge in [0, 0.05) is 18.9 Å². The van der Waals surface area contributed by atoms with Crippen LogP contribution in [-0.4, -0.2) is 24.5 Å². The van der Waals surface area contributed by atoms with Gasteiger partial charge in [-0.25, -0.2) is 4.79 Å². The van der Waals surface area contributed by atoms with Crippen LogP contribution in [0.2, 0.25) is 0 Å². The van der Waals surface area contributed by atoms with Gasteiger partial charge < -0.3 is 14.8 Å². The third-order valence-corrected chi connectivity index (χ3v) is 2.63. The fraction of sp³-hybridized carbons (Fsp3) is 0.400. The molecule has 0 bridgehead atoms. The number of hydrogen-bond acceptors (Lipinski definition) is 5. The van der Waals surface area contributed by atoms with E-state index in [0.717, 1.165) is 0 Å². The largest absolute Gasteiger partial charge is 0.464 e. The molecule has 6 heteroatoms. The number of carbonyl (C=O) groups excluding carboxylic acids is 3. The van der Waals surface area contributed by atoms with Crippen LogP contribution in [0.3, 0.4) is 0 Å². The second kappa shape index (κ2) is 8.04. The highest BCUT2D eigenvalue weighted by Gasteiger charge is 2.27. The van der Waals surface area contributed by atoms with E-state index in [2.05, 4.69) is 5.32 Å². The van der Waals surface area contributed by atoms with Crippen LogP contribution in [0.4, 0.5) is 0 Å². The molecule has 0 radical (unpaired) electrons. The second-order valence-electron chi connectivity index (χ2n) is 4.24. The van der Waals surface area contributed by atoms with Crippen LogP contribution in [0.1, 0.15) is 38.8 Å². The lowest BCUT2D eigenvalue weighted by Gasteiger charge is -2.19. The number of ether oxygens (including phenoxy) is 2. The van der Waals surface area contributed by atoms with Crippen molar-refractivity contribution in [2.75, 3.05) is 6.61 Å². The summed E-state index contributed by atoms with van der Waals surface area (Å²) in [5.74, 6) is -1.18. The summed E-state index contributed by atoms with van der Waals surface area (Å²) in [6.45, 7) is 4.80. The Hall–Kier alpha value is -2.37. The third-order valence-electron chi connectivity index (χ3n) is 2.63. The smallest absolute Gasteiger partial charge is 0.333 e. The highest BCUT2D eigenvalue weighted by atomic mass is 16.5. The zero-order valence-electron chi connectivity index (χ0n) is 12.3. The van der Waals surface area contributed by atoms with Crippen molar-refractivity contribution in [3.63, 3.8) is 0 Å². The van der Waals surface area contributed by atoms with Gasteiger partial charge in [0.15, 0.2) is 6.04 Å². The van der Waals surface area contributed by atoms with Crippen molar-refractivity contribution < 1.29 is 23.9 Å². The van der Waals surface area contributed by atoms with Gasteiger partial charge >= 0.3 is 11.9 Å². The van der Waals surface area contributed by atoms with Gasteiger partial charge in [-0.3, -0.25) is 9.59 Å². The maximum atomic E-state index is 12.1. The first-order valence-corrected chi connectivity index (χ1v) is 6.72. The molecular formula is C15H19NO5. The Morgan fingerprint density at radius 1 is 1.19 bits per heavy atom. The zero-order chi connectivity index (χ0) is 15.8. The average Bonchev–Trinajstić information content (AvgIpc) is 2.45. The van der Waals surface area contributed by atoms with Gasteiger partial charge in [-0.05, 0) is 13.0 Å². The SMILES string of the molecule is CCOC(=O)C(NC(=O)CC)c1ccccc1OC(C)=O. The molecule has 1 aromatic rings. The molecule has 0 saturated carbocycles. The summed E-state index contributed by atoms with van der Waals surface area (Å²) < 4.78 is 10.0. The highest BCUT2D eigenvalue weighted by Crippen LogP contribution is 2.26. The lowest BCUT2D eigenvalue weighted by molar-refractivity contribution is -0.147. The topological polar surface area (TPSA) is 81.7 Å². The molecule has 0 aromatic heterocycles. The van der Waals surface area contributed by atoms with Crippen LogP contribution in [0, 0.1) is 0 Å². The number of hydrogen-bond donors (Lipinski definition) is 1. The minimum absolute atomic E-state index is 0.188. The Labute approximate surface area is 123 Å². The number of carbonyl (C=O) groups is 3. The van der Waals surface area contributed by atoms with Crippen molar-refractivity contribution in [3.05, 3.63) is 29.8 Å². The number of esters is 2. The van der Waals surface area contributed by atoms with E-state index in [1.165, 1.54) is 6.92 Å². The van der Waals surface area contributed by atoms with Crippen LogP contribution in [-0.2, 0) is 19.1 Å². The fourth-order valence-electron chi connectivity index (χ4n) is 1.72. The summed E-state index contributed by atoms with van der Waals surface area (Å²) in [5.41, 5.74) is 0.382. The third kappa shape index (κ3) is 4.91. The van der Waals surface area contributed by atoms with Gasteiger partial charge in [-0.15, -0.1) is 0 Å². The predicted octanol–water partition coefficient (Wildman–Crippen LogP) is 1.74. The lowest BCUT2D eigenvalue weighted by atomic mass is 10.1. The van der Waals surface area contributed by atoms with E-state index < -0.39 is 18.0 Å². The Bertz CT molecular complexity index is 527. The first-order valence-electron chi connectivity index (χ1n) is 6.72. The molecule has 1 N–H and O–H groups in total. The molecule has 1 unspecified atom stereocenters. The Balaban J connectivity index is 3.15. The van der Waals surface area contributed by atoms with E-state index in [9.17, 15) is 14.4 Å². The highest BCUT2D eigenvalue weighted by molar-refractivity contribution is 5.86. The zero-order valence-corrected chi connectivity index (χ0v) is 12.3. The average molecular weight is 293 g/mol. The summed E-state index contributed by atoms with van der Waals surface area (Å²) in [5, 5.41) is 2.58. The Kier molecular flexibility index (Phi) is 6.39. The van der Waals surface area contributed by atoms with E-state index >= 15 is 0 Å². The minimum Gasteiger partial charge on any atom is -0.464 e. The molecule has 0 spiro atoms. The summed E-state index contributed by atoms with van der Waals surface area (Å²) >= 11 is 0. The van der Waals surface area contributed by atoms with Crippen molar-refractivity contribution in [2.24, 2.45) is 0 Å². The summed E-state index contributed by atoms with van der Waals surface area (Å²) in [4.78, 5) is 34.8. The predicted molar refractivity (Wildman–Crippen MR) is 75.6 cm³/mol. The van der Waals surface area contributed by atoms with Gasteiger partial charge in [0.25, 0.3) is 0 Å². The molecule has 0 heterocycles. The summed E-state index contributed by atoms with van der Waals surface area (Å²) in [6.07, 6.45) is 0.228. The first kappa shape index (κ1) is 16.7. The van der Waals surface area contributed by atoms with Crippen LogP contribution >= 0.6 is 0 Å². The number of para-hydroxylation sites is 1. The molecule has 1 aromatic carbocycles. The molecule has 21 heavy (non-hydrogen) atoms. The maximum Gasteiger partial charge on any atom is 0.333 e. The standard InChI is InChI=1S/C15H19NO5/c1-4-13(18)16-14(15(19)20-5-2)11-8-6-7-9-12(11)21-10(3)17/h6-9,14H,4-5H2,1-3H3,(H,16,18). The van der Waals surface area contributed by atoms with Gasteiger partial charge in [0.05, 0.1) is 6.61 Å². The second-order valence-corrected chi connectivity index (χ2v) is 4.24. The molecule has 1 rings (SSSR count). The van der Waals surface area contributed by atoms with E-state index in [0.29, 0.717) is 5.56 Å². The van der Waals surface area contributed by atoms with E-state index in [1.54, 1.807) is 38.1 Å². The van der Waals surface area contributed by atoms with Crippen LogP contribution in [0.15, 0.2) is 24.3 Å². The van der Waals surface area contributed by atoms with Gasteiger partial charge in [0.2, 0.25) is 5.91 Å². The Morgan fingerprint density at radius 2 is 1.86 bits per heavy atom. The molecule has 0 saturated heterocycles. The molecular weight excluding hydrogens is 274 g/mol. The molecule has 1 amide bonds. The molecule has 1 atom stereocenters. The molecule has 0 aliphatic heterocycles. The summed E-state index contributed by atoms with van der Waals surface area (Å²) in [6, 6.07) is 5.52. The first-order chi connectivity index (χ1) is 9.99. The van der Waals surface area contributed by atoms with Crippen LogP contribution in [0.25, 0.3) is 0 Å². The van der Waals surface area contributed by atoms with E-state index in [4.69, 9.17) is 9.47 Å². The summed E-state index contributed by atoms with van der Waals surface area (Å²) in [7, 11) is 0. The van der Waals surface area contributed by atoms with Gasteiger partial charge in [-0.2, -0.15) is 0 Å². The minimum atomic E-state index is -1.01. The van der Waals surface area contributed by atoms with Crippen molar-refractivity contribution in [1.82, 2.24) is 5.32 Å². The van der Waals surface area contributed by atoms with Crippen LogP contribution < -0.4 is 10.1 Å². The van der Waals surface area contributed by atoms with Crippen LogP contribution in [0.5, 0.6) is 5.75 Å². The quantitative estimate of drug-likeness (QED) is 0.638. The molecule has 0 aliphatic rings. The van der Waals surface area contributed by atoms with E-state index in [-0.39, 0.29) is 24.7 Å². The van der Waals surface area contributed by atoms with Crippen molar-refractivity contribution in [3.8, 4) is 5.75 Å². The maximum absolute atomic E-state index is 12.1. The Morgan fingerprint density at radius 3 is 2.43 bits per heavy atom. The lowest BCUT2D eigenvalue weighted by Crippen LogP contribution is -2.34. The number of rotatable bonds is 6. The van der Waals surface area contributed by atoms with Gasteiger partial charge in [-0.1, -0.05) is 25.1 Å². The molecule has 0 aliphatic carbocycles. The van der Waals surface area contributed by atoms with Crippen molar-refractivity contribution >= 4 is 17.8 Å². The fourth-order valence-corrected chi connectivity index (χ4v) is 1.72. The van der Waals surface area contributed by atoms with Crippen molar-refractivity contribution in [2.45, 2.75) is 33.2 Å². The normalized spacial score (nSPS) is 11.4. The molecule has 0 fully saturated rings.